The summed E-state index contributed by atoms with van der Waals surface area (Å²) in [6, 6.07) is 8.88. The summed E-state index contributed by atoms with van der Waals surface area (Å²) in [7, 11) is 2.04. The number of fused-ring (bicyclic) bond motifs is 1. The van der Waals surface area contributed by atoms with Crippen LogP contribution in [-0.2, 0) is 5.41 Å². The highest BCUT2D eigenvalue weighted by Gasteiger charge is 2.35. The maximum absolute atomic E-state index is 3.29. The maximum Gasteiger partial charge on any atom is 0.00175 e. The Bertz CT molecular complexity index is 328. The lowest BCUT2D eigenvalue weighted by Gasteiger charge is -2.19. The summed E-state index contributed by atoms with van der Waals surface area (Å²) in [6.07, 6.45) is 1.27. The highest BCUT2D eigenvalue weighted by molar-refractivity contribution is 5.41. The fourth-order valence-electron chi connectivity index (χ4n) is 2.73. The molecular formula is C13H19N. The number of rotatable bonds is 2. The van der Waals surface area contributed by atoms with Gasteiger partial charge in [-0.2, -0.15) is 0 Å². The summed E-state index contributed by atoms with van der Waals surface area (Å²) in [6.45, 7) is 5.80. The lowest BCUT2D eigenvalue weighted by Crippen LogP contribution is -2.17. The second kappa shape index (κ2) is 3.39. The van der Waals surface area contributed by atoms with Crippen LogP contribution in [0.25, 0.3) is 0 Å². The van der Waals surface area contributed by atoms with E-state index < -0.39 is 0 Å². The van der Waals surface area contributed by atoms with Gasteiger partial charge in [0.2, 0.25) is 0 Å². The van der Waals surface area contributed by atoms with Gasteiger partial charge in [-0.3, -0.25) is 0 Å². The first-order valence-corrected chi connectivity index (χ1v) is 5.39. The van der Waals surface area contributed by atoms with Gasteiger partial charge in [0.15, 0.2) is 0 Å². The smallest absolute Gasteiger partial charge is 0.00175 e. The van der Waals surface area contributed by atoms with Crippen molar-refractivity contribution in [1.29, 1.82) is 0 Å². The Morgan fingerprint density at radius 3 is 2.79 bits per heavy atom. The lowest BCUT2D eigenvalue weighted by molar-refractivity contribution is 0.466. The summed E-state index contributed by atoms with van der Waals surface area (Å²) in [4.78, 5) is 0. The van der Waals surface area contributed by atoms with E-state index in [2.05, 4.69) is 43.4 Å². The van der Waals surface area contributed by atoms with Crippen molar-refractivity contribution >= 4 is 0 Å². The molecule has 0 heterocycles. The van der Waals surface area contributed by atoms with Crippen molar-refractivity contribution in [3.05, 3.63) is 35.4 Å². The zero-order chi connectivity index (χ0) is 10.2. The molecule has 1 aromatic carbocycles. The van der Waals surface area contributed by atoms with Crippen LogP contribution < -0.4 is 5.32 Å². The molecule has 0 aromatic heterocycles. The van der Waals surface area contributed by atoms with E-state index in [0.29, 0.717) is 11.3 Å². The molecule has 1 aliphatic rings. The molecule has 14 heavy (non-hydrogen) atoms. The molecule has 2 rings (SSSR count). The third-order valence-electron chi connectivity index (χ3n) is 3.34. The van der Waals surface area contributed by atoms with Crippen LogP contribution in [-0.4, -0.2) is 13.6 Å². The predicted octanol–water partition coefficient (Wildman–Crippen LogP) is 2.67. The van der Waals surface area contributed by atoms with Gasteiger partial charge in [-0.05, 0) is 35.9 Å². The molecular weight excluding hydrogens is 170 g/mol. The van der Waals surface area contributed by atoms with Gasteiger partial charge in [0.25, 0.3) is 0 Å². The van der Waals surface area contributed by atoms with Crippen molar-refractivity contribution in [2.24, 2.45) is 0 Å². The van der Waals surface area contributed by atoms with Crippen LogP contribution in [0.3, 0.4) is 0 Å². The quantitative estimate of drug-likeness (QED) is 0.754. The molecule has 1 N–H and O–H groups in total. The van der Waals surface area contributed by atoms with Gasteiger partial charge in [-0.1, -0.05) is 38.1 Å². The van der Waals surface area contributed by atoms with Crippen LogP contribution in [0.5, 0.6) is 0 Å². The minimum atomic E-state index is 0.359. The summed E-state index contributed by atoms with van der Waals surface area (Å²) < 4.78 is 0. The molecule has 76 valence electrons. The van der Waals surface area contributed by atoms with Crippen LogP contribution in [0.4, 0.5) is 0 Å². The first kappa shape index (κ1) is 9.72. The van der Waals surface area contributed by atoms with Crippen LogP contribution in [0.1, 0.15) is 37.3 Å². The topological polar surface area (TPSA) is 12.0 Å². The van der Waals surface area contributed by atoms with E-state index >= 15 is 0 Å². The standard InChI is InChI=1S/C13H19N/c1-13(2)8-10(9-14-3)11-6-4-5-7-12(11)13/h4-7,10,14H,8-9H2,1-3H3. The molecule has 0 saturated carbocycles. The normalized spacial score (nSPS) is 23.5. The highest BCUT2D eigenvalue weighted by atomic mass is 14.8. The maximum atomic E-state index is 3.29. The number of hydrogen-bond acceptors (Lipinski definition) is 1. The van der Waals surface area contributed by atoms with Gasteiger partial charge in [0.1, 0.15) is 0 Å². The second-order valence-electron chi connectivity index (χ2n) is 4.93. The summed E-state index contributed by atoms with van der Waals surface area (Å²) in [5.74, 6) is 0.700. The first-order chi connectivity index (χ1) is 6.65. The van der Waals surface area contributed by atoms with Crippen molar-refractivity contribution in [2.45, 2.75) is 31.6 Å². The van der Waals surface area contributed by atoms with Gasteiger partial charge >= 0.3 is 0 Å². The summed E-state index contributed by atoms with van der Waals surface area (Å²) in [5.41, 5.74) is 3.45. The van der Waals surface area contributed by atoms with Gasteiger partial charge < -0.3 is 5.32 Å². The Kier molecular flexibility index (Phi) is 2.36. The number of benzene rings is 1. The third-order valence-corrected chi connectivity index (χ3v) is 3.34. The number of likely N-dealkylation sites (N-methyl/N-ethyl adjacent to an activating group) is 1. The molecule has 1 heteroatoms. The molecule has 1 aromatic rings. The Labute approximate surface area is 86.5 Å². The largest absolute Gasteiger partial charge is 0.319 e. The van der Waals surface area contributed by atoms with E-state index in [1.165, 1.54) is 6.42 Å². The summed E-state index contributed by atoms with van der Waals surface area (Å²) in [5, 5.41) is 3.29. The number of nitrogens with one attached hydrogen (secondary N) is 1. The summed E-state index contributed by atoms with van der Waals surface area (Å²) >= 11 is 0. The van der Waals surface area contributed by atoms with E-state index in [0.717, 1.165) is 6.54 Å². The van der Waals surface area contributed by atoms with Crippen molar-refractivity contribution < 1.29 is 0 Å². The lowest BCUT2D eigenvalue weighted by atomic mass is 9.86. The van der Waals surface area contributed by atoms with Gasteiger partial charge in [0, 0.05) is 6.54 Å². The van der Waals surface area contributed by atoms with E-state index in [1.54, 1.807) is 11.1 Å². The second-order valence-corrected chi connectivity index (χ2v) is 4.93. The third kappa shape index (κ3) is 1.46. The Morgan fingerprint density at radius 1 is 1.36 bits per heavy atom. The molecule has 0 spiro atoms. The molecule has 0 fully saturated rings. The minimum absolute atomic E-state index is 0.359. The molecule has 1 atom stereocenters. The molecule has 0 bridgehead atoms. The fourth-order valence-corrected chi connectivity index (χ4v) is 2.73. The SMILES string of the molecule is CNCC1CC(C)(C)c2ccccc21. The van der Waals surface area contributed by atoms with E-state index in [-0.39, 0.29) is 0 Å². The molecule has 0 amide bonds. The van der Waals surface area contributed by atoms with Crippen LogP contribution in [0.2, 0.25) is 0 Å². The van der Waals surface area contributed by atoms with E-state index in [9.17, 15) is 0 Å². The Balaban J connectivity index is 2.39. The fraction of sp³-hybridized carbons (Fsp3) is 0.538. The van der Waals surface area contributed by atoms with Gasteiger partial charge in [-0.15, -0.1) is 0 Å². The number of hydrogen-bond donors (Lipinski definition) is 1. The molecule has 0 aliphatic heterocycles. The average molecular weight is 189 g/mol. The zero-order valence-electron chi connectivity index (χ0n) is 9.30. The van der Waals surface area contributed by atoms with Crippen LogP contribution >= 0.6 is 0 Å². The molecule has 1 nitrogen and oxygen atoms in total. The van der Waals surface area contributed by atoms with Gasteiger partial charge in [0.05, 0.1) is 0 Å². The van der Waals surface area contributed by atoms with Crippen molar-refractivity contribution in [2.75, 3.05) is 13.6 Å². The van der Waals surface area contributed by atoms with Crippen molar-refractivity contribution in [3.63, 3.8) is 0 Å². The monoisotopic (exact) mass is 189 g/mol. The first-order valence-electron chi connectivity index (χ1n) is 5.39. The average Bonchev–Trinajstić information content (AvgIpc) is 2.41. The highest BCUT2D eigenvalue weighted by Crippen LogP contribution is 2.45. The molecule has 1 unspecified atom stereocenters. The Hall–Kier alpha value is -0.820. The van der Waals surface area contributed by atoms with Crippen molar-refractivity contribution in [1.82, 2.24) is 5.32 Å². The molecule has 0 saturated heterocycles. The van der Waals surface area contributed by atoms with E-state index in [4.69, 9.17) is 0 Å². The predicted molar refractivity (Wildman–Crippen MR) is 60.8 cm³/mol. The Morgan fingerprint density at radius 2 is 2.07 bits per heavy atom. The van der Waals surface area contributed by atoms with Crippen LogP contribution in [0, 0.1) is 0 Å². The molecule has 0 radical (unpaired) electrons. The molecule has 1 aliphatic carbocycles. The van der Waals surface area contributed by atoms with E-state index in [1.807, 2.05) is 7.05 Å². The zero-order valence-corrected chi connectivity index (χ0v) is 9.30. The van der Waals surface area contributed by atoms with Crippen molar-refractivity contribution in [3.8, 4) is 0 Å². The minimum Gasteiger partial charge on any atom is -0.319 e. The van der Waals surface area contributed by atoms with Crippen LogP contribution in [0.15, 0.2) is 24.3 Å². The van der Waals surface area contributed by atoms with Gasteiger partial charge in [-0.25, -0.2) is 0 Å².